The van der Waals surface area contributed by atoms with Crippen molar-refractivity contribution in [2.24, 2.45) is 5.92 Å². The van der Waals surface area contributed by atoms with Crippen LogP contribution < -0.4 is 5.32 Å². The molecule has 0 aliphatic rings. The molecule has 198 valence electrons. The number of benzene rings is 3. The summed E-state index contributed by atoms with van der Waals surface area (Å²) < 4.78 is 0. The number of rotatable bonds is 10. The molecule has 0 aliphatic heterocycles. The SMILES string of the molecule is CC(=O)N([C@H](C=O)CC(=O)O)N(Cc1ccccc1)C(=O)[C@@H](NC(=O)c1cccc2ccccc12)C(C)C. The Morgan fingerprint density at radius 2 is 1.55 bits per heavy atom. The monoisotopic (exact) mass is 517 g/mol. The molecule has 0 unspecified atom stereocenters. The molecule has 3 aromatic carbocycles. The zero-order valence-electron chi connectivity index (χ0n) is 21.5. The van der Waals surface area contributed by atoms with E-state index in [-0.39, 0.29) is 6.54 Å². The first-order valence-electron chi connectivity index (χ1n) is 12.2. The highest BCUT2D eigenvalue weighted by molar-refractivity contribution is 6.08. The fourth-order valence-electron chi connectivity index (χ4n) is 4.29. The highest BCUT2D eigenvalue weighted by atomic mass is 16.4. The van der Waals surface area contributed by atoms with Gasteiger partial charge in [0.05, 0.1) is 13.0 Å². The van der Waals surface area contributed by atoms with Gasteiger partial charge in [-0.1, -0.05) is 80.6 Å². The number of hydrogen-bond donors (Lipinski definition) is 2. The molecule has 0 heterocycles. The number of carbonyl (C=O) groups excluding carboxylic acids is 4. The van der Waals surface area contributed by atoms with Crippen LogP contribution in [0.2, 0.25) is 0 Å². The zero-order chi connectivity index (χ0) is 27.8. The standard InChI is InChI=1S/C29H31N3O6/c1-19(2)27(30-28(37)25-15-9-13-22-12-7-8-14-24(22)25)29(38)31(17-21-10-5-4-6-11-21)32(20(3)34)23(18-33)16-26(35)36/h4-15,18-19,23,27H,16-17H2,1-3H3,(H,30,37)(H,35,36)/t23-,27-/m0/s1. The van der Waals surface area contributed by atoms with Crippen LogP contribution in [0, 0.1) is 5.92 Å². The van der Waals surface area contributed by atoms with Crippen LogP contribution in [0.4, 0.5) is 0 Å². The predicted molar refractivity (Wildman–Crippen MR) is 142 cm³/mol. The Hall–Kier alpha value is -4.53. The Morgan fingerprint density at radius 3 is 2.16 bits per heavy atom. The van der Waals surface area contributed by atoms with Gasteiger partial charge in [-0.25, -0.2) is 10.0 Å². The Balaban J connectivity index is 2.02. The minimum absolute atomic E-state index is 0.115. The number of amides is 3. The van der Waals surface area contributed by atoms with Crippen LogP contribution in [-0.2, 0) is 25.7 Å². The van der Waals surface area contributed by atoms with Gasteiger partial charge in [-0.3, -0.25) is 19.2 Å². The summed E-state index contributed by atoms with van der Waals surface area (Å²) in [5.41, 5.74) is 1.03. The van der Waals surface area contributed by atoms with Gasteiger partial charge in [-0.2, -0.15) is 0 Å². The highest BCUT2D eigenvalue weighted by Crippen LogP contribution is 2.21. The molecule has 0 saturated carbocycles. The number of aldehydes is 1. The summed E-state index contributed by atoms with van der Waals surface area (Å²) in [4.78, 5) is 63.5. The predicted octanol–water partition coefficient (Wildman–Crippen LogP) is 3.43. The van der Waals surface area contributed by atoms with Gasteiger partial charge in [-0.05, 0) is 28.3 Å². The van der Waals surface area contributed by atoms with Crippen LogP contribution in [0.1, 0.15) is 43.1 Å². The van der Waals surface area contributed by atoms with Crippen molar-refractivity contribution in [3.8, 4) is 0 Å². The van der Waals surface area contributed by atoms with Crippen molar-refractivity contribution in [3.63, 3.8) is 0 Å². The Morgan fingerprint density at radius 1 is 0.921 bits per heavy atom. The normalized spacial score (nSPS) is 12.4. The van der Waals surface area contributed by atoms with Crippen LogP contribution in [0.25, 0.3) is 10.8 Å². The summed E-state index contributed by atoms with van der Waals surface area (Å²) in [7, 11) is 0. The lowest BCUT2D eigenvalue weighted by Gasteiger charge is -2.39. The fourth-order valence-corrected chi connectivity index (χ4v) is 4.29. The first kappa shape index (κ1) is 28.0. The van der Waals surface area contributed by atoms with Crippen molar-refractivity contribution in [2.75, 3.05) is 0 Å². The number of carboxylic acids is 1. The minimum Gasteiger partial charge on any atom is -0.481 e. The van der Waals surface area contributed by atoms with Crippen LogP contribution in [0.15, 0.2) is 72.8 Å². The summed E-state index contributed by atoms with van der Waals surface area (Å²) in [6.07, 6.45) is -0.351. The van der Waals surface area contributed by atoms with Gasteiger partial charge >= 0.3 is 5.97 Å². The van der Waals surface area contributed by atoms with E-state index in [1.165, 1.54) is 0 Å². The van der Waals surface area contributed by atoms with Gasteiger partial charge in [0.15, 0.2) is 0 Å². The molecule has 0 fully saturated rings. The zero-order valence-corrected chi connectivity index (χ0v) is 21.5. The maximum atomic E-state index is 14.0. The molecule has 9 heteroatoms. The highest BCUT2D eigenvalue weighted by Gasteiger charge is 2.37. The van der Waals surface area contributed by atoms with E-state index in [0.717, 1.165) is 27.7 Å². The van der Waals surface area contributed by atoms with Crippen LogP contribution >= 0.6 is 0 Å². The van der Waals surface area contributed by atoms with E-state index in [9.17, 15) is 29.1 Å². The molecule has 3 aromatic rings. The summed E-state index contributed by atoms with van der Waals surface area (Å²) in [5.74, 6) is -3.51. The second-order valence-corrected chi connectivity index (χ2v) is 9.27. The van der Waals surface area contributed by atoms with Gasteiger partial charge in [0.1, 0.15) is 18.4 Å². The second-order valence-electron chi connectivity index (χ2n) is 9.27. The van der Waals surface area contributed by atoms with E-state index in [2.05, 4.69) is 5.32 Å². The average molecular weight is 518 g/mol. The fraction of sp³-hybridized carbons (Fsp3) is 0.276. The lowest BCUT2D eigenvalue weighted by atomic mass is 10.00. The number of carbonyl (C=O) groups is 5. The van der Waals surface area contributed by atoms with E-state index in [1.807, 2.05) is 30.3 Å². The first-order chi connectivity index (χ1) is 18.1. The summed E-state index contributed by atoms with van der Waals surface area (Å²) in [5, 5.41) is 15.7. The quantitative estimate of drug-likeness (QED) is 0.314. The van der Waals surface area contributed by atoms with Gasteiger partial charge in [0, 0.05) is 12.5 Å². The largest absolute Gasteiger partial charge is 0.481 e. The molecule has 3 rings (SSSR count). The molecule has 0 aromatic heterocycles. The first-order valence-corrected chi connectivity index (χ1v) is 12.2. The summed E-state index contributed by atoms with van der Waals surface area (Å²) >= 11 is 0. The number of hydrazine groups is 1. The van der Waals surface area contributed by atoms with E-state index in [0.29, 0.717) is 17.4 Å². The molecule has 3 amide bonds. The third-order valence-corrected chi connectivity index (χ3v) is 6.12. The second kappa shape index (κ2) is 12.6. The molecular weight excluding hydrogens is 486 g/mol. The van der Waals surface area contributed by atoms with Crippen LogP contribution in [-0.4, -0.2) is 57.2 Å². The molecule has 0 bridgehead atoms. The number of carboxylic acid groups (broad SMARTS) is 1. The van der Waals surface area contributed by atoms with Crippen molar-refractivity contribution < 1.29 is 29.1 Å². The Labute approximate surface area is 221 Å². The molecule has 0 radical (unpaired) electrons. The van der Waals surface area contributed by atoms with Crippen molar-refractivity contribution in [1.29, 1.82) is 0 Å². The van der Waals surface area contributed by atoms with Crippen molar-refractivity contribution in [1.82, 2.24) is 15.3 Å². The summed E-state index contributed by atoms with van der Waals surface area (Å²) in [6, 6.07) is 19.0. The van der Waals surface area contributed by atoms with Gasteiger partial charge in [0.25, 0.3) is 11.8 Å². The van der Waals surface area contributed by atoms with Crippen LogP contribution in [0.3, 0.4) is 0 Å². The molecule has 38 heavy (non-hydrogen) atoms. The number of nitrogens with zero attached hydrogens (tertiary/aromatic N) is 2. The lowest BCUT2D eigenvalue weighted by Crippen LogP contribution is -2.60. The van der Waals surface area contributed by atoms with Crippen molar-refractivity contribution in [2.45, 2.75) is 45.8 Å². The maximum Gasteiger partial charge on any atom is 0.305 e. The van der Waals surface area contributed by atoms with Crippen molar-refractivity contribution >= 4 is 40.7 Å². The van der Waals surface area contributed by atoms with E-state index < -0.39 is 48.1 Å². The number of fused-ring (bicyclic) bond motifs is 1. The molecule has 2 atom stereocenters. The Bertz CT molecular complexity index is 1320. The van der Waals surface area contributed by atoms with E-state index >= 15 is 0 Å². The minimum atomic E-state index is -1.42. The maximum absolute atomic E-state index is 14.0. The molecule has 0 saturated heterocycles. The van der Waals surface area contributed by atoms with E-state index in [4.69, 9.17) is 0 Å². The van der Waals surface area contributed by atoms with Gasteiger partial charge in [0.2, 0.25) is 5.91 Å². The van der Waals surface area contributed by atoms with Gasteiger partial charge in [-0.15, -0.1) is 0 Å². The molecule has 0 spiro atoms. The molecule has 9 nitrogen and oxygen atoms in total. The number of aliphatic carboxylic acids is 1. The smallest absolute Gasteiger partial charge is 0.305 e. The van der Waals surface area contributed by atoms with Crippen molar-refractivity contribution in [3.05, 3.63) is 83.9 Å². The number of hydrogen-bond acceptors (Lipinski definition) is 5. The summed E-state index contributed by atoms with van der Waals surface area (Å²) in [6.45, 7) is 4.54. The lowest BCUT2D eigenvalue weighted by molar-refractivity contribution is -0.174. The topological polar surface area (TPSA) is 124 Å². The van der Waals surface area contributed by atoms with Gasteiger partial charge < -0.3 is 15.2 Å². The molecular formula is C29H31N3O6. The Kier molecular flexibility index (Phi) is 9.32. The van der Waals surface area contributed by atoms with Crippen LogP contribution in [0.5, 0.6) is 0 Å². The average Bonchev–Trinajstić information content (AvgIpc) is 2.89. The number of nitrogens with one attached hydrogen (secondary N) is 1. The molecule has 2 N–H and O–H groups in total. The third-order valence-electron chi connectivity index (χ3n) is 6.12. The molecule has 0 aliphatic carbocycles. The third kappa shape index (κ3) is 6.61. The van der Waals surface area contributed by atoms with E-state index in [1.54, 1.807) is 56.3 Å².